The van der Waals surface area contributed by atoms with Gasteiger partial charge in [-0.15, -0.1) is 0 Å². The second-order valence-corrected chi connectivity index (χ2v) is 5.80. The van der Waals surface area contributed by atoms with Crippen molar-refractivity contribution in [3.8, 4) is 0 Å². The van der Waals surface area contributed by atoms with Gasteiger partial charge in [0.2, 0.25) is 0 Å². The SMILES string of the molecule is CCOP(=O)(OCC)OC1=C(C)C(=O)c2ccccc21. The first kappa shape index (κ1) is 15.0. The molecule has 1 aromatic carbocycles. The maximum atomic E-state index is 12.4. The Morgan fingerprint density at radius 1 is 1.05 bits per heavy atom. The summed E-state index contributed by atoms with van der Waals surface area (Å²) in [6.07, 6.45) is 0. The van der Waals surface area contributed by atoms with Crippen molar-refractivity contribution in [3.63, 3.8) is 0 Å². The molecule has 1 aliphatic carbocycles. The van der Waals surface area contributed by atoms with Crippen LogP contribution in [0.5, 0.6) is 0 Å². The molecule has 108 valence electrons. The van der Waals surface area contributed by atoms with E-state index in [-0.39, 0.29) is 24.8 Å². The van der Waals surface area contributed by atoms with Gasteiger partial charge in [-0.05, 0) is 20.8 Å². The van der Waals surface area contributed by atoms with Crippen LogP contribution in [0.4, 0.5) is 0 Å². The highest BCUT2D eigenvalue weighted by atomic mass is 31.2. The second kappa shape index (κ2) is 5.92. The average Bonchev–Trinajstić information content (AvgIpc) is 2.65. The standard InChI is InChI=1S/C14H17O5P/c1-4-17-20(16,18-5-2)19-14-10(3)13(15)11-8-6-7-9-12(11)14/h6-9H,4-5H2,1-3H3. The first-order valence-electron chi connectivity index (χ1n) is 6.46. The Morgan fingerprint density at radius 3 is 2.15 bits per heavy atom. The molecule has 20 heavy (non-hydrogen) atoms. The average molecular weight is 296 g/mol. The first-order valence-corrected chi connectivity index (χ1v) is 7.92. The molecule has 1 aromatic rings. The van der Waals surface area contributed by atoms with E-state index in [0.717, 1.165) is 0 Å². The normalized spacial score (nSPS) is 14.7. The molecule has 0 radical (unpaired) electrons. The van der Waals surface area contributed by atoms with Crippen LogP contribution in [0.1, 0.15) is 36.7 Å². The van der Waals surface area contributed by atoms with Gasteiger partial charge in [-0.25, -0.2) is 4.57 Å². The van der Waals surface area contributed by atoms with Crippen LogP contribution < -0.4 is 0 Å². The van der Waals surface area contributed by atoms with E-state index in [9.17, 15) is 9.36 Å². The van der Waals surface area contributed by atoms with Crippen molar-refractivity contribution < 1.29 is 22.9 Å². The van der Waals surface area contributed by atoms with Crippen molar-refractivity contribution in [2.24, 2.45) is 0 Å². The summed E-state index contributed by atoms with van der Waals surface area (Å²) in [5, 5.41) is 0. The predicted octanol–water partition coefficient (Wildman–Crippen LogP) is 3.81. The molecule has 0 saturated heterocycles. The van der Waals surface area contributed by atoms with Gasteiger partial charge in [0.25, 0.3) is 0 Å². The van der Waals surface area contributed by atoms with Gasteiger partial charge in [-0.3, -0.25) is 13.8 Å². The monoisotopic (exact) mass is 296 g/mol. The number of phosphoric acid groups is 1. The fourth-order valence-corrected chi connectivity index (χ4v) is 3.29. The number of phosphoric ester groups is 1. The van der Waals surface area contributed by atoms with E-state index in [0.29, 0.717) is 16.7 Å². The molecule has 0 saturated carbocycles. The van der Waals surface area contributed by atoms with E-state index >= 15 is 0 Å². The molecule has 0 unspecified atom stereocenters. The highest BCUT2D eigenvalue weighted by molar-refractivity contribution is 7.48. The van der Waals surface area contributed by atoms with E-state index in [1.165, 1.54) is 0 Å². The molecule has 1 aliphatic rings. The molecule has 0 aromatic heterocycles. The molecule has 0 fully saturated rings. The summed E-state index contributed by atoms with van der Waals surface area (Å²) in [5.41, 5.74) is 1.57. The Labute approximate surface area is 118 Å². The van der Waals surface area contributed by atoms with E-state index < -0.39 is 7.82 Å². The summed E-state index contributed by atoms with van der Waals surface area (Å²) in [5.74, 6) is 0.144. The van der Waals surface area contributed by atoms with Crippen molar-refractivity contribution in [2.75, 3.05) is 13.2 Å². The van der Waals surface area contributed by atoms with Gasteiger partial charge in [0, 0.05) is 16.7 Å². The number of carbonyl (C=O) groups is 1. The number of hydrogen-bond acceptors (Lipinski definition) is 5. The lowest BCUT2D eigenvalue weighted by molar-refractivity contribution is 0.103. The van der Waals surface area contributed by atoms with Gasteiger partial charge in [-0.2, -0.15) is 0 Å². The molecule has 0 atom stereocenters. The van der Waals surface area contributed by atoms with Crippen LogP contribution >= 0.6 is 7.82 Å². The summed E-state index contributed by atoms with van der Waals surface area (Å²) in [6.45, 7) is 5.42. The molecule has 0 spiro atoms. The molecule has 0 amide bonds. The topological polar surface area (TPSA) is 61.8 Å². The van der Waals surface area contributed by atoms with Gasteiger partial charge >= 0.3 is 7.82 Å². The quantitative estimate of drug-likeness (QED) is 0.747. The summed E-state index contributed by atoms with van der Waals surface area (Å²) >= 11 is 0. The maximum Gasteiger partial charge on any atom is 0.530 e. The fraction of sp³-hybridized carbons (Fsp3) is 0.357. The number of benzene rings is 1. The molecule has 0 N–H and O–H groups in total. The van der Waals surface area contributed by atoms with E-state index in [1.54, 1.807) is 45.0 Å². The van der Waals surface area contributed by atoms with E-state index in [1.807, 2.05) is 0 Å². The van der Waals surface area contributed by atoms with Gasteiger partial charge in [-0.1, -0.05) is 24.3 Å². The highest BCUT2D eigenvalue weighted by Crippen LogP contribution is 2.54. The van der Waals surface area contributed by atoms with Gasteiger partial charge in [0.15, 0.2) is 5.78 Å². The lowest BCUT2D eigenvalue weighted by Crippen LogP contribution is -2.00. The Morgan fingerprint density at radius 2 is 1.60 bits per heavy atom. The summed E-state index contributed by atoms with van der Waals surface area (Å²) in [4.78, 5) is 12.1. The van der Waals surface area contributed by atoms with Crippen molar-refractivity contribution >= 4 is 19.4 Å². The highest BCUT2D eigenvalue weighted by Gasteiger charge is 2.35. The molecular weight excluding hydrogens is 279 g/mol. The van der Waals surface area contributed by atoms with Crippen LogP contribution in [0.3, 0.4) is 0 Å². The number of Topliss-reactive ketones (excluding diaryl/α,β-unsaturated/α-hetero) is 1. The van der Waals surface area contributed by atoms with Crippen LogP contribution in [0.25, 0.3) is 5.76 Å². The van der Waals surface area contributed by atoms with E-state index in [4.69, 9.17) is 13.6 Å². The number of fused-ring (bicyclic) bond motifs is 1. The summed E-state index contributed by atoms with van der Waals surface area (Å²) < 4.78 is 28.1. The Balaban J connectivity index is 2.37. The molecule has 0 heterocycles. The summed E-state index contributed by atoms with van der Waals surface area (Å²) in [7, 11) is -3.70. The van der Waals surface area contributed by atoms with E-state index in [2.05, 4.69) is 0 Å². The summed E-state index contributed by atoms with van der Waals surface area (Å²) in [6, 6.07) is 7.03. The zero-order valence-corrected chi connectivity index (χ0v) is 12.6. The molecule has 2 rings (SSSR count). The third kappa shape index (κ3) is 2.70. The van der Waals surface area contributed by atoms with Crippen LogP contribution in [-0.2, 0) is 18.1 Å². The number of ketones is 1. The van der Waals surface area contributed by atoms with Gasteiger partial charge < -0.3 is 4.52 Å². The Kier molecular flexibility index (Phi) is 4.43. The minimum atomic E-state index is -3.70. The minimum absolute atomic E-state index is 0.129. The van der Waals surface area contributed by atoms with Gasteiger partial charge in [0.1, 0.15) is 5.76 Å². The molecule has 6 heteroatoms. The smallest absolute Gasteiger partial charge is 0.403 e. The van der Waals surface area contributed by atoms with Crippen LogP contribution in [0.2, 0.25) is 0 Å². The van der Waals surface area contributed by atoms with Crippen molar-refractivity contribution in [3.05, 3.63) is 41.0 Å². The lowest BCUT2D eigenvalue weighted by atomic mass is 10.1. The Bertz CT molecular complexity index is 595. The largest absolute Gasteiger partial charge is 0.530 e. The molecular formula is C14H17O5P. The predicted molar refractivity (Wildman–Crippen MR) is 75.3 cm³/mol. The van der Waals surface area contributed by atoms with Crippen molar-refractivity contribution in [1.82, 2.24) is 0 Å². The zero-order valence-electron chi connectivity index (χ0n) is 11.7. The van der Waals surface area contributed by atoms with Gasteiger partial charge in [0.05, 0.1) is 13.2 Å². The molecule has 0 bridgehead atoms. The molecule has 0 aliphatic heterocycles. The number of carbonyl (C=O) groups excluding carboxylic acids is 1. The second-order valence-electron chi connectivity index (χ2n) is 4.20. The number of rotatable bonds is 6. The van der Waals surface area contributed by atoms with Crippen LogP contribution in [0.15, 0.2) is 29.8 Å². The third-order valence-electron chi connectivity index (χ3n) is 2.88. The van der Waals surface area contributed by atoms with Crippen molar-refractivity contribution in [1.29, 1.82) is 0 Å². The lowest BCUT2D eigenvalue weighted by Gasteiger charge is -2.18. The van der Waals surface area contributed by atoms with Crippen LogP contribution in [0, 0.1) is 0 Å². The van der Waals surface area contributed by atoms with Crippen LogP contribution in [-0.4, -0.2) is 19.0 Å². The Hall–Kier alpha value is -1.42. The minimum Gasteiger partial charge on any atom is -0.403 e. The number of hydrogen-bond donors (Lipinski definition) is 0. The first-order chi connectivity index (χ1) is 9.52. The number of allylic oxidation sites excluding steroid dienone is 1. The third-order valence-corrected chi connectivity index (χ3v) is 4.43. The zero-order chi connectivity index (χ0) is 14.8. The fourth-order valence-electron chi connectivity index (χ4n) is 2.02. The maximum absolute atomic E-state index is 12.4. The molecule has 5 nitrogen and oxygen atoms in total. The van der Waals surface area contributed by atoms with Crippen molar-refractivity contribution in [2.45, 2.75) is 20.8 Å².